The molecule has 1 fully saturated rings. The molecule has 0 spiro atoms. The van der Waals surface area contributed by atoms with Crippen molar-refractivity contribution in [2.24, 2.45) is 7.05 Å². The van der Waals surface area contributed by atoms with Gasteiger partial charge in [0, 0.05) is 26.4 Å². The van der Waals surface area contributed by atoms with Crippen molar-refractivity contribution in [2.45, 2.75) is 38.3 Å². The first kappa shape index (κ1) is 12.9. The molecule has 6 heteroatoms. The smallest absolute Gasteiger partial charge is 0.330 e. The summed E-state index contributed by atoms with van der Waals surface area (Å²) in [5, 5.41) is 0. The molecule has 1 aromatic rings. The Labute approximate surface area is 105 Å². The fourth-order valence-corrected chi connectivity index (χ4v) is 2.30. The average molecular weight is 253 g/mol. The van der Waals surface area contributed by atoms with Crippen LogP contribution in [0.3, 0.4) is 0 Å². The third-order valence-electron chi connectivity index (χ3n) is 3.29. The maximum atomic E-state index is 11.8. The van der Waals surface area contributed by atoms with Gasteiger partial charge in [0.1, 0.15) is 5.69 Å². The Balaban J connectivity index is 2.04. The largest absolute Gasteiger partial charge is 0.393 e. The molecule has 2 rings (SSSR count). The lowest BCUT2D eigenvalue weighted by molar-refractivity contribution is 0.101. The highest BCUT2D eigenvalue weighted by atomic mass is 16.5. The minimum atomic E-state index is -0.398. The van der Waals surface area contributed by atoms with Crippen LogP contribution in [0.25, 0.3) is 0 Å². The molecule has 1 aromatic heterocycles. The van der Waals surface area contributed by atoms with Crippen LogP contribution in [0, 0.1) is 0 Å². The van der Waals surface area contributed by atoms with Gasteiger partial charge in [-0.05, 0) is 25.7 Å². The second-order valence-corrected chi connectivity index (χ2v) is 4.71. The zero-order chi connectivity index (χ0) is 13.1. The van der Waals surface area contributed by atoms with E-state index in [1.165, 1.54) is 15.3 Å². The van der Waals surface area contributed by atoms with E-state index in [9.17, 15) is 9.59 Å². The lowest BCUT2D eigenvalue weighted by Gasteiger charge is -2.11. The SMILES string of the molecule is Cn1cc(N)c(=O)n(CCCC2CCCO2)c1=O. The van der Waals surface area contributed by atoms with Gasteiger partial charge < -0.3 is 15.0 Å². The number of aromatic nitrogens is 2. The van der Waals surface area contributed by atoms with Crippen molar-refractivity contribution in [3.05, 3.63) is 27.0 Å². The van der Waals surface area contributed by atoms with Crippen molar-refractivity contribution < 1.29 is 4.74 Å². The quantitative estimate of drug-likeness (QED) is 0.824. The zero-order valence-corrected chi connectivity index (χ0v) is 10.6. The van der Waals surface area contributed by atoms with Crippen molar-refractivity contribution in [2.75, 3.05) is 12.3 Å². The number of ether oxygens (including phenoxy) is 1. The predicted octanol–water partition coefficient (Wildman–Crippen LogP) is 0.0884. The average Bonchev–Trinajstić information content (AvgIpc) is 2.84. The van der Waals surface area contributed by atoms with Crippen LogP contribution in [-0.2, 0) is 18.3 Å². The predicted molar refractivity (Wildman–Crippen MR) is 68.6 cm³/mol. The number of nitrogens with two attached hydrogens (primary N) is 1. The first-order valence-corrected chi connectivity index (χ1v) is 6.27. The number of aryl methyl sites for hydroxylation is 1. The highest BCUT2D eigenvalue weighted by Gasteiger charge is 2.15. The van der Waals surface area contributed by atoms with Gasteiger partial charge >= 0.3 is 5.69 Å². The summed E-state index contributed by atoms with van der Waals surface area (Å²) in [4.78, 5) is 23.6. The molecule has 100 valence electrons. The first-order chi connectivity index (χ1) is 8.59. The maximum Gasteiger partial charge on any atom is 0.330 e. The molecule has 1 unspecified atom stereocenters. The molecular formula is C12H19N3O3. The molecule has 0 bridgehead atoms. The molecule has 0 aliphatic carbocycles. The number of hydrogen-bond donors (Lipinski definition) is 1. The molecular weight excluding hydrogens is 234 g/mol. The highest BCUT2D eigenvalue weighted by Crippen LogP contribution is 2.16. The summed E-state index contributed by atoms with van der Waals surface area (Å²) in [6.45, 7) is 1.22. The second kappa shape index (κ2) is 5.39. The van der Waals surface area contributed by atoms with E-state index >= 15 is 0 Å². The van der Waals surface area contributed by atoms with E-state index in [0.29, 0.717) is 6.54 Å². The number of nitrogens with zero attached hydrogens (tertiary/aromatic N) is 2. The Hall–Kier alpha value is -1.56. The van der Waals surface area contributed by atoms with E-state index in [2.05, 4.69) is 0 Å². The topological polar surface area (TPSA) is 79.2 Å². The van der Waals surface area contributed by atoms with Crippen LogP contribution in [0.1, 0.15) is 25.7 Å². The molecule has 1 aliphatic rings. The lowest BCUT2D eigenvalue weighted by atomic mass is 10.1. The molecule has 1 atom stereocenters. The van der Waals surface area contributed by atoms with Crippen LogP contribution < -0.4 is 17.0 Å². The van der Waals surface area contributed by atoms with E-state index in [-0.39, 0.29) is 17.5 Å². The number of rotatable bonds is 4. The fraction of sp³-hybridized carbons (Fsp3) is 0.667. The van der Waals surface area contributed by atoms with E-state index < -0.39 is 5.56 Å². The van der Waals surface area contributed by atoms with Gasteiger partial charge in [0.2, 0.25) is 0 Å². The minimum Gasteiger partial charge on any atom is -0.393 e. The van der Waals surface area contributed by atoms with Gasteiger partial charge in [-0.15, -0.1) is 0 Å². The Bertz CT molecular complexity index is 492. The number of anilines is 1. The van der Waals surface area contributed by atoms with Gasteiger partial charge in [-0.2, -0.15) is 0 Å². The third kappa shape index (κ3) is 2.64. The Morgan fingerprint density at radius 2 is 2.28 bits per heavy atom. The monoisotopic (exact) mass is 253 g/mol. The van der Waals surface area contributed by atoms with Gasteiger partial charge in [0.05, 0.1) is 6.10 Å². The Morgan fingerprint density at radius 1 is 1.50 bits per heavy atom. The van der Waals surface area contributed by atoms with E-state index in [1.54, 1.807) is 7.05 Å². The highest BCUT2D eigenvalue weighted by molar-refractivity contribution is 5.30. The van der Waals surface area contributed by atoms with E-state index in [4.69, 9.17) is 10.5 Å². The van der Waals surface area contributed by atoms with Crippen LogP contribution in [-0.4, -0.2) is 21.8 Å². The third-order valence-corrected chi connectivity index (χ3v) is 3.29. The van der Waals surface area contributed by atoms with Crippen molar-refractivity contribution in [3.8, 4) is 0 Å². The number of hydrogen-bond acceptors (Lipinski definition) is 4. The molecule has 1 saturated heterocycles. The maximum absolute atomic E-state index is 11.8. The molecule has 0 aromatic carbocycles. The summed E-state index contributed by atoms with van der Waals surface area (Å²) in [6.07, 6.45) is 5.45. The summed E-state index contributed by atoms with van der Waals surface area (Å²) >= 11 is 0. The lowest BCUT2D eigenvalue weighted by Crippen LogP contribution is -2.39. The molecule has 0 radical (unpaired) electrons. The van der Waals surface area contributed by atoms with Crippen molar-refractivity contribution in [1.82, 2.24) is 9.13 Å². The molecule has 6 nitrogen and oxygen atoms in total. The van der Waals surface area contributed by atoms with Crippen LogP contribution in [0.15, 0.2) is 15.8 Å². The normalized spacial score (nSPS) is 19.3. The first-order valence-electron chi connectivity index (χ1n) is 6.27. The van der Waals surface area contributed by atoms with Crippen LogP contribution in [0.4, 0.5) is 5.69 Å². The second-order valence-electron chi connectivity index (χ2n) is 4.71. The Morgan fingerprint density at radius 3 is 2.94 bits per heavy atom. The molecule has 2 N–H and O–H groups in total. The molecule has 18 heavy (non-hydrogen) atoms. The number of nitrogen functional groups attached to an aromatic ring is 1. The molecule has 2 heterocycles. The summed E-state index contributed by atoms with van der Waals surface area (Å²) in [5.74, 6) is 0. The Kier molecular flexibility index (Phi) is 3.86. The van der Waals surface area contributed by atoms with Crippen molar-refractivity contribution >= 4 is 5.69 Å². The standard InChI is InChI=1S/C12H19N3O3/c1-14-8-10(13)11(16)15(12(14)17)6-2-4-9-5-3-7-18-9/h8-9H,2-7,13H2,1H3. The van der Waals surface area contributed by atoms with Crippen molar-refractivity contribution in [1.29, 1.82) is 0 Å². The van der Waals surface area contributed by atoms with Gasteiger partial charge in [-0.1, -0.05) is 0 Å². The minimum absolute atomic E-state index is 0.106. The molecule has 0 saturated carbocycles. The van der Waals surface area contributed by atoms with Gasteiger partial charge in [0.15, 0.2) is 0 Å². The van der Waals surface area contributed by atoms with Crippen LogP contribution >= 0.6 is 0 Å². The molecule has 1 aliphatic heterocycles. The summed E-state index contributed by atoms with van der Waals surface area (Å²) in [7, 11) is 1.59. The van der Waals surface area contributed by atoms with E-state index in [0.717, 1.165) is 32.3 Å². The van der Waals surface area contributed by atoms with Gasteiger partial charge in [-0.25, -0.2) is 4.79 Å². The van der Waals surface area contributed by atoms with Gasteiger partial charge in [-0.3, -0.25) is 9.36 Å². The van der Waals surface area contributed by atoms with Crippen LogP contribution in [0.5, 0.6) is 0 Å². The summed E-state index contributed by atoms with van der Waals surface area (Å²) in [6, 6.07) is 0. The van der Waals surface area contributed by atoms with Crippen LogP contribution in [0.2, 0.25) is 0 Å². The van der Waals surface area contributed by atoms with E-state index in [1.807, 2.05) is 0 Å². The zero-order valence-electron chi connectivity index (χ0n) is 10.6. The summed E-state index contributed by atoms with van der Waals surface area (Å²) in [5.41, 5.74) is 4.96. The van der Waals surface area contributed by atoms with Crippen molar-refractivity contribution in [3.63, 3.8) is 0 Å². The summed E-state index contributed by atoms with van der Waals surface area (Å²) < 4.78 is 8.04. The van der Waals surface area contributed by atoms with Gasteiger partial charge in [0.25, 0.3) is 5.56 Å². The fourth-order valence-electron chi connectivity index (χ4n) is 2.30. The molecule has 0 amide bonds.